The molecule has 2 rings (SSSR count). The van der Waals surface area contributed by atoms with Crippen LogP contribution >= 0.6 is 0 Å². The molecule has 1 heterocycles. The molecule has 6 nitrogen and oxygen atoms in total. The zero-order valence-electron chi connectivity index (χ0n) is 13.0. The van der Waals surface area contributed by atoms with Crippen LogP contribution in [0.3, 0.4) is 0 Å². The van der Waals surface area contributed by atoms with E-state index in [0.717, 1.165) is 11.3 Å². The van der Waals surface area contributed by atoms with E-state index in [1.165, 1.54) is 12.4 Å². The van der Waals surface area contributed by atoms with Gasteiger partial charge in [0, 0.05) is 30.9 Å². The summed E-state index contributed by atoms with van der Waals surface area (Å²) in [5, 5.41) is 3.10. The molecule has 118 valence electrons. The first kappa shape index (κ1) is 16.4. The van der Waals surface area contributed by atoms with Crippen molar-refractivity contribution < 1.29 is 4.74 Å². The summed E-state index contributed by atoms with van der Waals surface area (Å²) in [5.74, 6) is 0.456. The van der Waals surface area contributed by atoms with Gasteiger partial charge in [-0.1, -0.05) is 12.1 Å². The molecular formula is C15H21N5OS. The fourth-order valence-corrected chi connectivity index (χ4v) is 2.43. The molecule has 0 amide bonds. The number of aromatic nitrogens is 2. The normalized spacial score (nSPS) is 12.9. The van der Waals surface area contributed by atoms with Crippen molar-refractivity contribution in [3.63, 3.8) is 0 Å². The molecule has 0 radical (unpaired) electrons. The first-order valence-corrected chi connectivity index (χ1v) is 9.02. The summed E-state index contributed by atoms with van der Waals surface area (Å²) >= 11 is 0. The van der Waals surface area contributed by atoms with E-state index in [9.17, 15) is 0 Å². The molecule has 0 spiro atoms. The third-order valence-electron chi connectivity index (χ3n) is 3.15. The minimum atomic E-state index is -2.28. The van der Waals surface area contributed by atoms with Gasteiger partial charge in [0.25, 0.3) is 0 Å². The zero-order valence-corrected chi connectivity index (χ0v) is 13.8. The molecule has 0 fully saturated rings. The van der Waals surface area contributed by atoms with E-state index in [1.54, 1.807) is 6.26 Å². The number of nitrogens with one attached hydrogen (secondary N) is 3. The van der Waals surface area contributed by atoms with Crippen molar-refractivity contribution in [2.45, 2.75) is 24.8 Å². The molecule has 0 saturated heterocycles. The highest BCUT2D eigenvalue weighted by Gasteiger charge is 2.06. The molecule has 3 N–H and O–H groups in total. The van der Waals surface area contributed by atoms with Crippen LogP contribution in [0.2, 0.25) is 0 Å². The SMILES string of the molecule is CCO[C@H](C)c1ccc(Nc2ncc(S(C)(=N)=N)cn2)cc1. The third kappa shape index (κ3) is 4.25. The summed E-state index contributed by atoms with van der Waals surface area (Å²) < 4.78 is 21.0. The van der Waals surface area contributed by atoms with E-state index >= 15 is 0 Å². The van der Waals surface area contributed by atoms with Crippen LogP contribution in [-0.2, 0) is 14.4 Å². The van der Waals surface area contributed by atoms with Crippen LogP contribution in [0.1, 0.15) is 25.5 Å². The number of hydrogen-bond acceptors (Lipinski definition) is 6. The number of ether oxygens (including phenoxy) is 1. The second-order valence-electron chi connectivity index (χ2n) is 5.01. The van der Waals surface area contributed by atoms with Crippen LogP contribution in [0, 0.1) is 9.56 Å². The Labute approximate surface area is 131 Å². The van der Waals surface area contributed by atoms with Crippen molar-refractivity contribution >= 4 is 21.3 Å². The van der Waals surface area contributed by atoms with Gasteiger partial charge in [-0.25, -0.2) is 9.97 Å². The molecular weight excluding hydrogens is 298 g/mol. The van der Waals surface area contributed by atoms with Crippen molar-refractivity contribution in [2.24, 2.45) is 0 Å². The smallest absolute Gasteiger partial charge is 0.227 e. The summed E-state index contributed by atoms with van der Waals surface area (Å²) in [6.45, 7) is 4.69. The number of nitrogens with zero attached hydrogens (tertiary/aromatic N) is 2. The highest BCUT2D eigenvalue weighted by molar-refractivity contribution is 7.92. The molecule has 2 aromatic rings. The molecule has 0 saturated carbocycles. The lowest BCUT2D eigenvalue weighted by Crippen LogP contribution is -2.01. The van der Waals surface area contributed by atoms with E-state index in [2.05, 4.69) is 15.3 Å². The highest BCUT2D eigenvalue weighted by Crippen LogP contribution is 2.20. The van der Waals surface area contributed by atoms with Gasteiger partial charge in [-0.15, -0.1) is 0 Å². The van der Waals surface area contributed by atoms with E-state index in [4.69, 9.17) is 14.3 Å². The van der Waals surface area contributed by atoms with Crippen LogP contribution in [-0.4, -0.2) is 22.8 Å². The molecule has 0 aliphatic rings. The lowest BCUT2D eigenvalue weighted by Gasteiger charge is -2.12. The van der Waals surface area contributed by atoms with Gasteiger partial charge in [0.1, 0.15) is 0 Å². The van der Waals surface area contributed by atoms with Gasteiger partial charge in [0.2, 0.25) is 5.95 Å². The van der Waals surface area contributed by atoms with Crippen LogP contribution in [0.25, 0.3) is 0 Å². The Balaban J connectivity index is 2.08. The molecule has 0 bridgehead atoms. The van der Waals surface area contributed by atoms with Gasteiger partial charge >= 0.3 is 0 Å². The van der Waals surface area contributed by atoms with Gasteiger partial charge in [-0.2, -0.15) is 0 Å². The number of hydrogen-bond donors (Lipinski definition) is 3. The predicted octanol–water partition coefficient (Wildman–Crippen LogP) is 3.99. The van der Waals surface area contributed by atoms with E-state index in [0.29, 0.717) is 17.5 Å². The monoisotopic (exact) mass is 319 g/mol. The molecule has 1 aromatic carbocycles. The van der Waals surface area contributed by atoms with E-state index in [-0.39, 0.29) is 6.10 Å². The Morgan fingerprint density at radius 1 is 1.18 bits per heavy atom. The Bertz CT molecular complexity index is 711. The van der Waals surface area contributed by atoms with Crippen molar-refractivity contribution in [2.75, 3.05) is 18.2 Å². The Morgan fingerprint density at radius 2 is 1.77 bits per heavy atom. The van der Waals surface area contributed by atoms with Gasteiger partial charge in [-0.05, 0) is 41.2 Å². The topological polar surface area (TPSA) is 94.7 Å². The third-order valence-corrected chi connectivity index (χ3v) is 4.31. The largest absolute Gasteiger partial charge is 0.374 e. The van der Waals surface area contributed by atoms with Crippen LogP contribution < -0.4 is 5.32 Å². The molecule has 0 aliphatic heterocycles. The molecule has 1 atom stereocenters. The number of rotatable bonds is 6. The minimum absolute atomic E-state index is 0.0735. The standard InChI is InChI=1S/C15H21N5OS/c1-4-21-11(2)12-5-7-13(8-6-12)20-15-18-9-14(10-19-15)22(3,16)17/h5-11,16-17H,4H2,1-3H3,(H,18,19,20)/t11-/m1/s1. The van der Waals surface area contributed by atoms with Crippen LogP contribution in [0.15, 0.2) is 41.6 Å². The maximum atomic E-state index is 7.70. The number of anilines is 2. The molecule has 1 aromatic heterocycles. The highest BCUT2D eigenvalue weighted by atomic mass is 32.2. The fourth-order valence-electron chi connectivity index (χ4n) is 1.90. The van der Waals surface area contributed by atoms with Crippen molar-refractivity contribution in [1.29, 1.82) is 9.56 Å². The quantitative estimate of drug-likeness (QED) is 0.750. The second kappa shape index (κ2) is 6.85. The maximum absolute atomic E-state index is 7.70. The first-order valence-electron chi connectivity index (χ1n) is 6.98. The van der Waals surface area contributed by atoms with Crippen molar-refractivity contribution in [3.05, 3.63) is 42.2 Å². The average Bonchev–Trinajstić information content (AvgIpc) is 2.48. The predicted molar refractivity (Wildman–Crippen MR) is 88.8 cm³/mol. The van der Waals surface area contributed by atoms with Gasteiger partial charge in [-0.3, -0.25) is 9.56 Å². The first-order chi connectivity index (χ1) is 10.4. The lowest BCUT2D eigenvalue weighted by atomic mass is 10.1. The second-order valence-corrected chi connectivity index (χ2v) is 7.31. The molecule has 22 heavy (non-hydrogen) atoms. The summed E-state index contributed by atoms with van der Waals surface area (Å²) in [5.41, 5.74) is 2.00. The van der Waals surface area contributed by atoms with Gasteiger partial charge < -0.3 is 10.1 Å². The van der Waals surface area contributed by atoms with Crippen LogP contribution in [0.4, 0.5) is 11.6 Å². The summed E-state index contributed by atoms with van der Waals surface area (Å²) in [4.78, 5) is 8.86. The van der Waals surface area contributed by atoms with E-state index in [1.807, 2.05) is 38.1 Å². The summed E-state index contributed by atoms with van der Waals surface area (Å²) in [6.07, 6.45) is 4.72. The maximum Gasteiger partial charge on any atom is 0.227 e. The Kier molecular flexibility index (Phi) is 5.10. The zero-order chi connectivity index (χ0) is 16.2. The Morgan fingerprint density at radius 3 is 2.27 bits per heavy atom. The van der Waals surface area contributed by atoms with Crippen molar-refractivity contribution in [1.82, 2.24) is 9.97 Å². The summed E-state index contributed by atoms with van der Waals surface area (Å²) in [7, 11) is -2.28. The Hall–Kier alpha value is -1.99. The molecule has 7 heteroatoms. The average molecular weight is 319 g/mol. The summed E-state index contributed by atoms with van der Waals surface area (Å²) in [6, 6.07) is 7.91. The van der Waals surface area contributed by atoms with E-state index < -0.39 is 9.62 Å². The number of benzene rings is 1. The fraction of sp³-hybridized carbons (Fsp3) is 0.333. The lowest BCUT2D eigenvalue weighted by molar-refractivity contribution is 0.0764. The molecule has 0 unspecified atom stereocenters. The van der Waals surface area contributed by atoms with Crippen LogP contribution in [0.5, 0.6) is 0 Å². The molecule has 0 aliphatic carbocycles. The minimum Gasteiger partial charge on any atom is -0.374 e. The van der Waals surface area contributed by atoms with Gasteiger partial charge in [0.15, 0.2) is 0 Å². The van der Waals surface area contributed by atoms with Crippen molar-refractivity contribution in [3.8, 4) is 0 Å². The van der Waals surface area contributed by atoms with Gasteiger partial charge in [0.05, 0.1) is 11.0 Å².